The highest BCUT2D eigenvalue weighted by Gasteiger charge is 2.34. The van der Waals surface area contributed by atoms with Crippen LogP contribution in [0.3, 0.4) is 0 Å². The number of methoxy groups -OCH3 is 1. The van der Waals surface area contributed by atoms with Crippen molar-refractivity contribution >= 4 is 28.9 Å². The number of rotatable bonds is 7. The number of hydrogen-bond donors (Lipinski definition) is 2. The van der Waals surface area contributed by atoms with Crippen LogP contribution in [0.4, 0.5) is 10.1 Å². The molecule has 0 saturated carbocycles. The predicted molar refractivity (Wildman–Crippen MR) is 125 cm³/mol. The van der Waals surface area contributed by atoms with E-state index in [1.165, 1.54) is 24.3 Å². The van der Waals surface area contributed by atoms with Crippen molar-refractivity contribution in [1.29, 1.82) is 0 Å². The summed E-state index contributed by atoms with van der Waals surface area (Å²) < 4.78 is 24.8. The Morgan fingerprint density at radius 1 is 1.21 bits per heavy atom. The summed E-state index contributed by atoms with van der Waals surface area (Å²) in [5, 5.41) is 12.7. The summed E-state index contributed by atoms with van der Waals surface area (Å²) in [5.41, 5.74) is 2.21. The van der Waals surface area contributed by atoms with Gasteiger partial charge in [-0.2, -0.15) is 0 Å². The van der Waals surface area contributed by atoms with Gasteiger partial charge in [0.15, 0.2) is 11.5 Å². The Balaban J connectivity index is 1.81. The summed E-state index contributed by atoms with van der Waals surface area (Å²) in [6, 6.07) is 11.1. The number of thiophene rings is 1. The third-order valence-corrected chi connectivity index (χ3v) is 6.69. The lowest BCUT2D eigenvalue weighted by Crippen LogP contribution is -2.22. The van der Waals surface area contributed by atoms with Crippen molar-refractivity contribution in [2.75, 3.05) is 19.0 Å². The Morgan fingerprint density at radius 3 is 2.58 bits per heavy atom. The van der Waals surface area contributed by atoms with Gasteiger partial charge in [0.1, 0.15) is 10.7 Å². The van der Waals surface area contributed by atoms with E-state index >= 15 is 0 Å². The van der Waals surface area contributed by atoms with Gasteiger partial charge in [0, 0.05) is 22.8 Å². The molecule has 1 atom stereocenters. The number of hydrogen-bond acceptors (Lipinski definition) is 5. The Morgan fingerprint density at radius 2 is 1.94 bits per heavy atom. The lowest BCUT2D eigenvalue weighted by molar-refractivity contribution is -0.116. The number of carboxylic acids is 1. The molecule has 4 rings (SSSR count). The minimum absolute atomic E-state index is 0.0997. The van der Waals surface area contributed by atoms with E-state index in [1.807, 2.05) is 18.2 Å². The molecule has 172 valence electrons. The van der Waals surface area contributed by atoms with E-state index in [4.69, 9.17) is 9.47 Å². The van der Waals surface area contributed by atoms with Crippen LogP contribution in [0.2, 0.25) is 0 Å². The summed E-state index contributed by atoms with van der Waals surface area (Å²) in [4.78, 5) is 25.6. The maximum atomic E-state index is 13.5. The number of carbonyl (C=O) groups is 2. The highest BCUT2D eigenvalue weighted by molar-refractivity contribution is 7.15. The number of nitrogens with one attached hydrogen (secondary N) is 1. The topological polar surface area (TPSA) is 84.9 Å². The molecular formula is C25H24FNO5S. The number of benzene rings is 2. The SMILES string of the molecule is COc1cc(C2CC(=O)Nc3c2sc(C(=O)O)c3-c2ccc(F)cc2)ccc1OCC(C)C. The Hall–Kier alpha value is -3.39. The first-order valence-electron chi connectivity index (χ1n) is 10.5. The number of carboxylic acid groups (broad SMARTS) is 1. The molecule has 0 fully saturated rings. The van der Waals surface area contributed by atoms with Crippen LogP contribution in [0, 0.1) is 11.7 Å². The van der Waals surface area contributed by atoms with Crippen molar-refractivity contribution in [2.24, 2.45) is 5.92 Å². The van der Waals surface area contributed by atoms with Crippen LogP contribution in [0.1, 0.15) is 46.3 Å². The number of aromatic carboxylic acids is 1. The van der Waals surface area contributed by atoms with Crippen LogP contribution in [0.25, 0.3) is 11.1 Å². The molecule has 33 heavy (non-hydrogen) atoms. The largest absolute Gasteiger partial charge is 0.493 e. The molecule has 2 aromatic carbocycles. The van der Waals surface area contributed by atoms with E-state index in [1.54, 1.807) is 7.11 Å². The van der Waals surface area contributed by atoms with Gasteiger partial charge in [-0.25, -0.2) is 9.18 Å². The molecule has 6 nitrogen and oxygen atoms in total. The Labute approximate surface area is 195 Å². The minimum Gasteiger partial charge on any atom is -0.493 e. The number of amides is 1. The Kier molecular flexibility index (Phi) is 6.37. The van der Waals surface area contributed by atoms with Crippen molar-refractivity contribution in [2.45, 2.75) is 26.2 Å². The van der Waals surface area contributed by atoms with Crippen molar-refractivity contribution in [3.8, 4) is 22.6 Å². The number of ether oxygens (including phenoxy) is 2. The van der Waals surface area contributed by atoms with Gasteiger partial charge in [0.25, 0.3) is 0 Å². The molecule has 1 aromatic heterocycles. The number of carbonyl (C=O) groups excluding carboxylic acids is 1. The molecule has 3 aromatic rings. The van der Waals surface area contributed by atoms with E-state index in [0.29, 0.717) is 40.8 Å². The predicted octanol–water partition coefficient (Wildman–Crippen LogP) is 5.77. The Bertz CT molecular complexity index is 1200. The zero-order valence-corrected chi connectivity index (χ0v) is 19.3. The van der Waals surface area contributed by atoms with Crippen molar-refractivity contribution in [3.05, 3.63) is 63.6 Å². The zero-order valence-electron chi connectivity index (χ0n) is 18.5. The fourth-order valence-electron chi connectivity index (χ4n) is 3.88. The third kappa shape index (κ3) is 4.57. The highest BCUT2D eigenvalue weighted by atomic mass is 32.1. The second kappa shape index (κ2) is 9.23. The molecule has 0 radical (unpaired) electrons. The van der Waals surface area contributed by atoms with Gasteiger partial charge in [-0.15, -0.1) is 11.3 Å². The summed E-state index contributed by atoms with van der Waals surface area (Å²) in [6.07, 6.45) is 0.171. The minimum atomic E-state index is -1.10. The highest BCUT2D eigenvalue weighted by Crippen LogP contribution is 2.50. The van der Waals surface area contributed by atoms with Gasteiger partial charge in [0.05, 0.1) is 19.4 Å². The van der Waals surface area contributed by atoms with Crippen LogP contribution in [0.5, 0.6) is 11.5 Å². The van der Waals surface area contributed by atoms with Crippen LogP contribution in [-0.4, -0.2) is 30.7 Å². The molecular weight excluding hydrogens is 445 g/mol. The molecule has 2 N–H and O–H groups in total. The van der Waals surface area contributed by atoms with E-state index in [-0.39, 0.29) is 23.1 Å². The molecule has 0 saturated heterocycles. The number of halogens is 1. The second-order valence-corrected chi connectivity index (χ2v) is 9.33. The first-order chi connectivity index (χ1) is 15.8. The van der Waals surface area contributed by atoms with Crippen LogP contribution < -0.4 is 14.8 Å². The van der Waals surface area contributed by atoms with Crippen LogP contribution in [0.15, 0.2) is 42.5 Å². The van der Waals surface area contributed by atoms with Crippen molar-refractivity contribution < 1.29 is 28.6 Å². The van der Waals surface area contributed by atoms with Gasteiger partial charge in [0.2, 0.25) is 5.91 Å². The molecule has 0 aliphatic carbocycles. The van der Waals surface area contributed by atoms with Crippen LogP contribution >= 0.6 is 11.3 Å². The lowest BCUT2D eigenvalue weighted by Gasteiger charge is -2.24. The quantitative estimate of drug-likeness (QED) is 0.459. The van der Waals surface area contributed by atoms with Gasteiger partial charge in [-0.05, 0) is 41.3 Å². The summed E-state index contributed by atoms with van der Waals surface area (Å²) in [6.45, 7) is 4.65. The van der Waals surface area contributed by atoms with E-state index in [2.05, 4.69) is 19.2 Å². The second-order valence-electron chi connectivity index (χ2n) is 8.28. The van der Waals surface area contributed by atoms with Crippen LogP contribution in [-0.2, 0) is 4.79 Å². The molecule has 1 unspecified atom stereocenters. The van der Waals surface area contributed by atoms with Crippen molar-refractivity contribution in [1.82, 2.24) is 0 Å². The van der Waals surface area contributed by atoms with Gasteiger partial charge in [-0.3, -0.25) is 4.79 Å². The van der Waals surface area contributed by atoms with Crippen molar-refractivity contribution in [3.63, 3.8) is 0 Å². The average Bonchev–Trinajstić information content (AvgIpc) is 3.17. The van der Waals surface area contributed by atoms with Gasteiger partial charge >= 0.3 is 5.97 Å². The normalized spacial score (nSPS) is 15.2. The van der Waals surface area contributed by atoms with E-state index < -0.39 is 11.8 Å². The molecule has 1 aliphatic rings. The molecule has 0 spiro atoms. The van der Waals surface area contributed by atoms with Gasteiger partial charge in [-0.1, -0.05) is 32.0 Å². The molecule has 2 heterocycles. The standard InChI is InChI=1S/C25H24FNO5S/c1-13(2)12-32-18-9-6-15(10-19(18)31-3)17-11-20(28)27-22-21(14-4-7-16(26)8-5-14)24(25(29)30)33-23(17)22/h4-10,13,17H,11-12H2,1-3H3,(H,27,28)(H,29,30). The number of fused-ring (bicyclic) bond motifs is 1. The maximum Gasteiger partial charge on any atom is 0.346 e. The summed E-state index contributed by atoms with van der Waals surface area (Å²) >= 11 is 1.13. The smallest absolute Gasteiger partial charge is 0.346 e. The first-order valence-corrected chi connectivity index (χ1v) is 11.4. The average molecular weight is 470 g/mol. The van der Waals surface area contributed by atoms with E-state index in [9.17, 15) is 19.1 Å². The fourth-order valence-corrected chi connectivity index (χ4v) is 5.12. The maximum absolute atomic E-state index is 13.5. The lowest BCUT2D eigenvalue weighted by atomic mass is 9.88. The zero-order chi connectivity index (χ0) is 23.7. The van der Waals surface area contributed by atoms with Gasteiger partial charge < -0.3 is 19.9 Å². The molecule has 1 aliphatic heterocycles. The molecule has 1 amide bonds. The monoisotopic (exact) mass is 469 g/mol. The fraction of sp³-hybridized carbons (Fsp3) is 0.280. The summed E-state index contributed by atoms with van der Waals surface area (Å²) in [7, 11) is 1.56. The first kappa shape index (κ1) is 22.8. The molecule has 8 heteroatoms. The summed E-state index contributed by atoms with van der Waals surface area (Å²) in [5.74, 6) is -0.576. The molecule has 0 bridgehead atoms. The third-order valence-electron chi connectivity index (χ3n) is 5.40. The number of anilines is 1. The van der Waals surface area contributed by atoms with E-state index in [0.717, 1.165) is 21.8 Å².